The molecule has 2 rings (SSSR count). The van der Waals surface area contributed by atoms with E-state index in [1.165, 1.54) is 12.8 Å². The van der Waals surface area contributed by atoms with Gasteiger partial charge in [-0.25, -0.2) is 0 Å². The molecule has 1 atom stereocenters. The van der Waals surface area contributed by atoms with Crippen molar-refractivity contribution in [3.8, 4) is 0 Å². The van der Waals surface area contributed by atoms with Crippen LogP contribution in [0.5, 0.6) is 0 Å². The van der Waals surface area contributed by atoms with Gasteiger partial charge in [0.2, 0.25) is 11.8 Å². The van der Waals surface area contributed by atoms with Crippen molar-refractivity contribution in [1.82, 2.24) is 15.5 Å². The minimum atomic E-state index is -0.253. The molecule has 2 N–H and O–H groups in total. The Labute approximate surface area is 108 Å². The molecule has 1 saturated heterocycles. The predicted octanol–water partition coefficient (Wildman–Crippen LogP) is 0.256. The Morgan fingerprint density at radius 1 is 1.22 bits per heavy atom. The lowest BCUT2D eigenvalue weighted by Gasteiger charge is -2.34. The fourth-order valence-corrected chi connectivity index (χ4v) is 2.48. The maximum atomic E-state index is 12.1. The highest BCUT2D eigenvalue weighted by Gasteiger charge is 2.31. The topological polar surface area (TPSA) is 61.4 Å². The molecule has 1 aliphatic carbocycles. The Morgan fingerprint density at radius 2 is 2.00 bits per heavy atom. The average molecular weight is 253 g/mol. The predicted molar refractivity (Wildman–Crippen MR) is 69.1 cm³/mol. The van der Waals surface area contributed by atoms with Gasteiger partial charge in [-0.3, -0.25) is 9.59 Å². The summed E-state index contributed by atoms with van der Waals surface area (Å²) in [4.78, 5) is 25.7. The largest absolute Gasteiger partial charge is 0.357 e. The molecular formula is C13H23N3O2. The molecule has 0 aromatic carbocycles. The van der Waals surface area contributed by atoms with E-state index in [0.717, 1.165) is 32.4 Å². The van der Waals surface area contributed by atoms with Crippen LogP contribution in [0.3, 0.4) is 0 Å². The molecule has 0 radical (unpaired) electrons. The van der Waals surface area contributed by atoms with Crippen molar-refractivity contribution in [2.75, 3.05) is 20.1 Å². The first-order chi connectivity index (χ1) is 8.72. The first-order valence-corrected chi connectivity index (χ1v) is 6.97. The van der Waals surface area contributed by atoms with E-state index in [1.54, 1.807) is 11.9 Å². The van der Waals surface area contributed by atoms with Gasteiger partial charge < -0.3 is 15.5 Å². The number of carbonyl (C=O) groups excluding carboxylic acids is 2. The number of hydrogen-bond acceptors (Lipinski definition) is 3. The van der Waals surface area contributed by atoms with E-state index in [0.29, 0.717) is 12.5 Å². The number of carbonyl (C=O) groups is 2. The van der Waals surface area contributed by atoms with Crippen molar-refractivity contribution in [3.05, 3.63) is 0 Å². The Kier molecular flexibility index (Phi) is 4.58. The summed E-state index contributed by atoms with van der Waals surface area (Å²) in [7, 11) is 1.63. The number of nitrogens with one attached hydrogen (secondary N) is 2. The van der Waals surface area contributed by atoms with Crippen LogP contribution in [0.2, 0.25) is 0 Å². The maximum absolute atomic E-state index is 12.1. The standard InChI is InChI=1S/C13H23N3O2/c1-14-13(18)11-4-2-3-9-16(11)12(17)7-8-15-10-5-6-10/h10-11,15H,2-9H2,1H3,(H,14,18). The second kappa shape index (κ2) is 6.18. The van der Waals surface area contributed by atoms with Gasteiger partial charge >= 0.3 is 0 Å². The number of amides is 2. The smallest absolute Gasteiger partial charge is 0.242 e. The Balaban J connectivity index is 1.82. The van der Waals surface area contributed by atoms with Crippen molar-refractivity contribution >= 4 is 11.8 Å². The molecule has 1 heterocycles. The summed E-state index contributed by atoms with van der Waals surface area (Å²) in [6.07, 6.45) is 5.81. The molecule has 0 spiro atoms. The molecule has 2 amide bonds. The maximum Gasteiger partial charge on any atom is 0.242 e. The number of piperidine rings is 1. The lowest BCUT2D eigenvalue weighted by Crippen LogP contribution is -2.51. The first kappa shape index (κ1) is 13.3. The summed E-state index contributed by atoms with van der Waals surface area (Å²) in [6.45, 7) is 1.46. The van der Waals surface area contributed by atoms with Crippen LogP contribution in [0.15, 0.2) is 0 Å². The van der Waals surface area contributed by atoms with Gasteiger partial charge in [0.25, 0.3) is 0 Å². The SMILES string of the molecule is CNC(=O)C1CCCCN1C(=O)CCNC1CC1. The van der Waals surface area contributed by atoms with Crippen LogP contribution in [0, 0.1) is 0 Å². The average Bonchev–Trinajstić information content (AvgIpc) is 3.22. The number of rotatable bonds is 5. The highest BCUT2D eigenvalue weighted by atomic mass is 16.2. The molecule has 18 heavy (non-hydrogen) atoms. The third-order valence-electron chi connectivity index (χ3n) is 3.72. The van der Waals surface area contributed by atoms with E-state index in [4.69, 9.17) is 0 Å². The second-order valence-corrected chi connectivity index (χ2v) is 5.19. The first-order valence-electron chi connectivity index (χ1n) is 6.97. The van der Waals surface area contributed by atoms with Crippen LogP contribution in [0.25, 0.3) is 0 Å². The van der Waals surface area contributed by atoms with Crippen LogP contribution in [-0.4, -0.2) is 48.9 Å². The molecular weight excluding hydrogens is 230 g/mol. The van der Waals surface area contributed by atoms with E-state index in [-0.39, 0.29) is 17.9 Å². The van der Waals surface area contributed by atoms with Crippen molar-refractivity contribution in [2.24, 2.45) is 0 Å². The summed E-state index contributed by atoms with van der Waals surface area (Å²) in [6, 6.07) is 0.381. The molecule has 1 saturated carbocycles. The zero-order chi connectivity index (χ0) is 13.0. The van der Waals surface area contributed by atoms with Crippen molar-refractivity contribution < 1.29 is 9.59 Å². The third kappa shape index (κ3) is 3.45. The highest BCUT2D eigenvalue weighted by molar-refractivity contribution is 5.87. The van der Waals surface area contributed by atoms with Gasteiger partial charge in [0.1, 0.15) is 6.04 Å². The quantitative estimate of drug-likeness (QED) is 0.738. The molecule has 0 aromatic heterocycles. The number of hydrogen-bond donors (Lipinski definition) is 2. The van der Waals surface area contributed by atoms with Crippen LogP contribution < -0.4 is 10.6 Å². The number of likely N-dealkylation sites (tertiary alicyclic amines) is 1. The minimum Gasteiger partial charge on any atom is -0.357 e. The summed E-state index contributed by atoms with van der Waals surface area (Å²) < 4.78 is 0. The Hall–Kier alpha value is -1.10. The molecule has 0 bridgehead atoms. The molecule has 102 valence electrons. The van der Waals surface area contributed by atoms with E-state index < -0.39 is 0 Å². The second-order valence-electron chi connectivity index (χ2n) is 5.19. The zero-order valence-corrected chi connectivity index (χ0v) is 11.1. The summed E-state index contributed by atoms with van der Waals surface area (Å²) in [5.74, 6) is 0.0784. The van der Waals surface area contributed by atoms with Gasteiger partial charge in [0, 0.05) is 32.6 Å². The fourth-order valence-electron chi connectivity index (χ4n) is 2.48. The lowest BCUT2D eigenvalue weighted by atomic mass is 10.0. The lowest BCUT2D eigenvalue weighted by molar-refractivity contribution is -0.142. The van der Waals surface area contributed by atoms with Crippen molar-refractivity contribution in [2.45, 2.75) is 50.6 Å². The van der Waals surface area contributed by atoms with Crippen LogP contribution in [0.1, 0.15) is 38.5 Å². The highest BCUT2D eigenvalue weighted by Crippen LogP contribution is 2.20. The molecule has 5 nitrogen and oxygen atoms in total. The van der Waals surface area contributed by atoms with Crippen LogP contribution in [0.4, 0.5) is 0 Å². The summed E-state index contributed by atoms with van der Waals surface area (Å²) in [5.41, 5.74) is 0. The van der Waals surface area contributed by atoms with Gasteiger partial charge in [0.15, 0.2) is 0 Å². The van der Waals surface area contributed by atoms with Gasteiger partial charge in [-0.2, -0.15) is 0 Å². The fraction of sp³-hybridized carbons (Fsp3) is 0.846. The molecule has 0 aromatic rings. The van der Waals surface area contributed by atoms with Gasteiger partial charge in [-0.1, -0.05) is 0 Å². The van der Waals surface area contributed by atoms with Gasteiger partial charge in [-0.15, -0.1) is 0 Å². The van der Waals surface area contributed by atoms with Crippen molar-refractivity contribution in [1.29, 1.82) is 0 Å². The zero-order valence-electron chi connectivity index (χ0n) is 11.1. The Bertz CT molecular complexity index is 315. The molecule has 1 aliphatic heterocycles. The van der Waals surface area contributed by atoms with Gasteiger partial charge in [-0.05, 0) is 32.1 Å². The number of nitrogens with zero attached hydrogens (tertiary/aromatic N) is 1. The molecule has 2 aliphatic rings. The van der Waals surface area contributed by atoms with E-state index >= 15 is 0 Å². The van der Waals surface area contributed by atoms with Crippen LogP contribution in [-0.2, 0) is 9.59 Å². The van der Waals surface area contributed by atoms with Crippen molar-refractivity contribution in [3.63, 3.8) is 0 Å². The minimum absolute atomic E-state index is 0.0294. The van der Waals surface area contributed by atoms with Gasteiger partial charge in [0.05, 0.1) is 0 Å². The monoisotopic (exact) mass is 253 g/mol. The van der Waals surface area contributed by atoms with E-state index in [1.807, 2.05) is 0 Å². The normalized spacial score (nSPS) is 23.8. The van der Waals surface area contributed by atoms with Crippen LogP contribution >= 0.6 is 0 Å². The number of likely N-dealkylation sites (N-methyl/N-ethyl adjacent to an activating group) is 1. The third-order valence-corrected chi connectivity index (χ3v) is 3.72. The van der Waals surface area contributed by atoms with E-state index in [9.17, 15) is 9.59 Å². The molecule has 1 unspecified atom stereocenters. The van der Waals surface area contributed by atoms with E-state index in [2.05, 4.69) is 10.6 Å². The molecule has 2 fully saturated rings. The summed E-state index contributed by atoms with van der Waals surface area (Å²) >= 11 is 0. The summed E-state index contributed by atoms with van der Waals surface area (Å²) in [5, 5.41) is 5.99. The molecule has 5 heteroatoms. The Morgan fingerprint density at radius 3 is 2.67 bits per heavy atom.